The van der Waals surface area contributed by atoms with Gasteiger partial charge >= 0.3 is 19.8 Å². The molecule has 0 rings (SSSR count). The first-order valence-electron chi connectivity index (χ1n) is 17.1. The quantitative estimate of drug-likeness (QED) is 0.0336. The van der Waals surface area contributed by atoms with Crippen LogP contribution in [0.3, 0.4) is 0 Å². The summed E-state index contributed by atoms with van der Waals surface area (Å²) >= 11 is 0. The van der Waals surface area contributed by atoms with Crippen LogP contribution in [-0.4, -0.2) is 41.0 Å². The number of allylic oxidation sites excluding steroid dienone is 4. The third kappa shape index (κ3) is 33.3. The van der Waals surface area contributed by atoms with Crippen LogP contribution in [0.1, 0.15) is 162 Å². The van der Waals surface area contributed by atoms with Gasteiger partial charge in [-0.3, -0.25) is 14.1 Å². The van der Waals surface area contributed by atoms with Crippen molar-refractivity contribution in [1.29, 1.82) is 0 Å². The smallest absolute Gasteiger partial charge is 0.462 e. The second-order valence-electron chi connectivity index (χ2n) is 11.5. The summed E-state index contributed by atoms with van der Waals surface area (Å²) in [6.45, 7) is 3.59. The third-order valence-electron chi connectivity index (χ3n) is 7.22. The lowest BCUT2D eigenvalue weighted by molar-refractivity contribution is -0.161. The minimum Gasteiger partial charge on any atom is -0.462 e. The van der Waals surface area contributed by atoms with Crippen molar-refractivity contribution in [1.82, 2.24) is 0 Å². The molecule has 0 saturated carbocycles. The van der Waals surface area contributed by atoms with Crippen molar-refractivity contribution in [2.75, 3.05) is 13.2 Å². The van der Waals surface area contributed by atoms with Gasteiger partial charge in [-0.25, -0.2) is 4.57 Å². The molecule has 43 heavy (non-hydrogen) atoms. The standard InChI is InChI=1S/C34H63O8P/c1-3-5-7-9-11-13-14-15-16-17-18-19-20-21-23-25-27-29-34(36)42-32(31-41-43(37,38)39)30-40-33(35)28-26-24-22-12-10-8-6-4-2/h18-19,21,23,32H,3-17,20,22,24-31H2,1-2H3,(H2,37,38,39)/b19-18+,23-21+/t32-/m1/s1. The van der Waals surface area contributed by atoms with Crippen LogP contribution < -0.4 is 0 Å². The highest BCUT2D eigenvalue weighted by Crippen LogP contribution is 2.35. The molecular formula is C34H63O8P. The molecule has 0 heterocycles. The number of esters is 2. The lowest BCUT2D eigenvalue weighted by atomic mass is 10.1. The highest BCUT2D eigenvalue weighted by Gasteiger charge is 2.22. The summed E-state index contributed by atoms with van der Waals surface area (Å²) in [6, 6.07) is 0. The van der Waals surface area contributed by atoms with E-state index in [1.807, 2.05) is 6.08 Å². The summed E-state index contributed by atoms with van der Waals surface area (Å²) < 4.78 is 26.1. The SMILES string of the molecule is CCCCCCCCCCC/C=C/C/C=C/CCCC(=O)O[C@H](COC(=O)CCCCCCCCCC)COP(=O)(O)O. The van der Waals surface area contributed by atoms with Crippen LogP contribution in [0.15, 0.2) is 24.3 Å². The average Bonchev–Trinajstić information content (AvgIpc) is 2.97. The number of carbonyl (C=O) groups is 2. The zero-order valence-corrected chi connectivity index (χ0v) is 28.2. The van der Waals surface area contributed by atoms with E-state index in [4.69, 9.17) is 19.3 Å². The van der Waals surface area contributed by atoms with Crippen molar-refractivity contribution in [2.24, 2.45) is 0 Å². The summed E-state index contributed by atoms with van der Waals surface area (Å²) in [5.41, 5.74) is 0. The fourth-order valence-electron chi connectivity index (χ4n) is 4.65. The average molecular weight is 631 g/mol. The monoisotopic (exact) mass is 630 g/mol. The zero-order valence-electron chi connectivity index (χ0n) is 27.4. The molecule has 0 amide bonds. The van der Waals surface area contributed by atoms with Crippen LogP contribution in [0.25, 0.3) is 0 Å². The van der Waals surface area contributed by atoms with Gasteiger partial charge in [-0.05, 0) is 38.5 Å². The summed E-state index contributed by atoms with van der Waals surface area (Å²) in [7, 11) is -4.75. The summed E-state index contributed by atoms with van der Waals surface area (Å²) in [4.78, 5) is 42.4. The predicted molar refractivity (Wildman–Crippen MR) is 175 cm³/mol. The molecular weight excluding hydrogens is 567 g/mol. The molecule has 0 aliphatic carbocycles. The Hall–Kier alpha value is -1.47. The van der Waals surface area contributed by atoms with Crippen molar-refractivity contribution in [3.8, 4) is 0 Å². The molecule has 0 spiro atoms. The van der Waals surface area contributed by atoms with Gasteiger partial charge in [0, 0.05) is 12.8 Å². The fourth-order valence-corrected chi connectivity index (χ4v) is 5.01. The van der Waals surface area contributed by atoms with Crippen molar-refractivity contribution < 1.29 is 37.9 Å². The Morgan fingerprint density at radius 1 is 0.605 bits per heavy atom. The molecule has 0 radical (unpaired) electrons. The van der Waals surface area contributed by atoms with Crippen LogP contribution in [0, 0.1) is 0 Å². The van der Waals surface area contributed by atoms with Gasteiger partial charge in [-0.2, -0.15) is 0 Å². The zero-order chi connectivity index (χ0) is 31.9. The molecule has 9 heteroatoms. The van der Waals surface area contributed by atoms with Gasteiger partial charge in [-0.15, -0.1) is 0 Å². The first-order valence-corrected chi connectivity index (χ1v) is 18.7. The number of unbranched alkanes of at least 4 members (excludes halogenated alkanes) is 17. The summed E-state index contributed by atoms with van der Waals surface area (Å²) in [5, 5.41) is 0. The molecule has 2 N–H and O–H groups in total. The molecule has 0 saturated heterocycles. The van der Waals surface area contributed by atoms with Crippen LogP contribution in [0.4, 0.5) is 0 Å². The summed E-state index contributed by atoms with van der Waals surface area (Å²) in [5.74, 6) is -0.941. The molecule has 0 unspecified atom stereocenters. The lowest BCUT2D eigenvalue weighted by Gasteiger charge is -2.18. The highest BCUT2D eigenvalue weighted by atomic mass is 31.2. The van der Waals surface area contributed by atoms with E-state index in [0.29, 0.717) is 6.42 Å². The Balaban J connectivity index is 4.04. The number of phosphoric acid groups is 1. The van der Waals surface area contributed by atoms with E-state index in [2.05, 4.69) is 36.6 Å². The maximum Gasteiger partial charge on any atom is 0.469 e. The van der Waals surface area contributed by atoms with E-state index in [1.54, 1.807) is 0 Å². The van der Waals surface area contributed by atoms with Crippen LogP contribution in [-0.2, 0) is 28.2 Å². The van der Waals surface area contributed by atoms with Crippen molar-refractivity contribution >= 4 is 19.8 Å². The number of ether oxygens (including phenoxy) is 2. The van der Waals surface area contributed by atoms with Gasteiger partial charge in [0.15, 0.2) is 6.10 Å². The molecule has 0 bridgehead atoms. The third-order valence-corrected chi connectivity index (χ3v) is 7.71. The fraction of sp³-hybridized carbons (Fsp3) is 0.824. The van der Waals surface area contributed by atoms with Crippen LogP contribution in [0.5, 0.6) is 0 Å². The number of hydrogen-bond acceptors (Lipinski definition) is 6. The van der Waals surface area contributed by atoms with E-state index in [9.17, 15) is 14.2 Å². The first kappa shape index (κ1) is 41.5. The molecule has 252 valence electrons. The van der Waals surface area contributed by atoms with E-state index in [0.717, 1.165) is 38.5 Å². The van der Waals surface area contributed by atoms with Crippen molar-refractivity contribution in [3.05, 3.63) is 24.3 Å². The van der Waals surface area contributed by atoms with Gasteiger partial charge in [0.05, 0.1) is 6.61 Å². The largest absolute Gasteiger partial charge is 0.469 e. The molecule has 0 aliphatic rings. The van der Waals surface area contributed by atoms with Crippen molar-refractivity contribution in [2.45, 2.75) is 168 Å². The van der Waals surface area contributed by atoms with Crippen LogP contribution in [0.2, 0.25) is 0 Å². The minimum absolute atomic E-state index is 0.150. The lowest BCUT2D eigenvalue weighted by Crippen LogP contribution is -2.29. The molecule has 0 aromatic heterocycles. The Morgan fingerprint density at radius 3 is 1.60 bits per heavy atom. The Morgan fingerprint density at radius 2 is 1.07 bits per heavy atom. The molecule has 0 aliphatic heterocycles. The Kier molecular flexibility index (Phi) is 29.5. The molecule has 1 atom stereocenters. The molecule has 8 nitrogen and oxygen atoms in total. The second-order valence-corrected chi connectivity index (χ2v) is 12.7. The van der Waals surface area contributed by atoms with Gasteiger partial charge in [0.1, 0.15) is 6.61 Å². The maximum absolute atomic E-state index is 12.3. The van der Waals surface area contributed by atoms with E-state index < -0.39 is 32.5 Å². The molecule has 0 aromatic rings. The molecule has 0 fully saturated rings. The number of phosphoric ester groups is 1. The van der Waals surface area contributed by atoms with Gasteiger partial charge < -0.3 is 19.3 Å². The Labute approximate surface area is 262 Å². The van der Waals surface area contributed by atoms with Gasteiger partial charge in [0.2, 0.25) is 0 Å². The first-order chi connectivity index (χ1) is 20.8. The van der Waals surface area contributed by atoms with Gasteiger partial charge in [-0.1, -0.05) is 134 Å². The predicted octanol–water partition coefficient (Wildman–Crippen LogP) is 9.68. The maximum atomic E-state index is 12.3. The number of carbonyl (C=O) groups excluding carboxylic acids is 2. The number of hydrogen-bond donors (Lipinski definition) is 2. The van der Waals surface area contributed by atoms with Crippen LogP contribution >= 0.6 is 7.82 Å². The van der Waals surface area contributed by atoms with Crippen molar-refractivity contribution in [3.63, 3.8) is 0 Å². The normalized spacial score (nSPS) is 12.7. The highest BCUT2D eigenvalue weighted by molar-refractivity contribution is 7.46. The second kappa shape index (κ2) is 30.6. The van der Waals surface area contributed by atoms with Gasteiger partial charge in [0.25, 0.3) is 0 Å². The topological polar surface area (TPSA) is 119 Å². The molecule has 0 aromatic carbocycles. The minimum atomic E-state index is -4.75. The van der Waals surface area contributed by atoms with E-state index >= 15 is 0 Å². The summed E-state index contributed by atoms with van der Waals surface area (Å²) in [6.07, 6.45) is 32.1. The van der Waals surface area contributed by atoms with E-state index in [-0.39, 0.29) is 19.4 Å². The Bertz CT molecular complexity index is 761. The van der Waals surface area contributed by atoms with E-state index in [1.165, 1.54) is 89.9 Å². The number of rotatable bonds is 31.